The van der Waals surface area contributed by atoms with Crippen LogP contribution in [0.3, 0.4) is 0 Å². The lowest BCUT2D eigenvalue weighted by Crippen LogP contribution is -2.48. The number of benzene rings is 4. The summed E-state index contributed by atoms with van der Waals surface area (Å²) in [5, 5.41) is 11.6. The molecule has 4 aromatic carbocycles. The van der Waals surface area contributed by atoms with E-state index in [9.17, 15) is 33.6 Å². The molecule has 1 aliphatic carbocycles. The van der Waals surface area contributed by atoms with Crippen molar-refractivity contribution in [1.82, 2.24) is 20.4 Å². The number of ketones is 2. The molecule has 0 unspecified atom stereocenters. The van der Waals surface area contributed by atoms with Crippen LogP contribution < -0.4 is 21.3 Å². The number of ether oxygens (including phenoxy) is 2. The van der Waals surface area contributed by atoms with Gasteiger partial charge < -0.3 is 35.6 Å². The number of likely N-dealkylation sites (tertiary alicyclic amines) is 2. The topological polar surface area (TPSA) is 193 Å². The summed E-state index contributed by atoms with van der Waals surface area (Å²) in [6, 6.07) is 26.2. The summed E-state index contributed by atoms with van der Waals surface area (Å²) in [6.45, 7) is 4.33. The molecular weight excluding hydrogens is 865 g/mol. The molecule has 15 nitrogen and oxygen atoms in total. The van der Waals surface area contributed by atoms with Crippen LogP contribution in [0, 0.1) is 0 Å². The van der Waals surface area contributed by atoms with Crippen molar-refractivity contribution in [3.63, 3.8) is 0 Å². The quantitative estimate of drug-likeness (QED) is 0.0670. The Kier molecular flexibility index (Phi) is 16.1. The molecule has 0 radical (unpaired) electrons. The highest BCUT2D eigenvalue weighted by Gasteiger charge is 2.45. The maximum Gasteiger partial charge on any atom is 0.407 e. The van der Waals surface area contributed by atoms with Crippen LogP contribution in [0.4, 0.5) is 21.0 Å². The van der Waals surface area contributed by atoms with Gasteiger partial charge in [-0.3, -0.25) is 28.9 Å². The Hall–Kier alpha value is -6.87. The van der Waals surface area contributed by atoms with E-state index in [1.807, 2.05) is 65.6 Å². The van der Waals surface area contributed by atoms with E-state index in [1.54, 1.807) is 30.3 Å². The molecule has 2 heterocycles. The van der Waals surface area contributed by atoms with Crippen LogP contribution in [0.2, 0.25) is 0 Å². The van der Waals surface area contributed by atoms with Crippen molar-refractivity contribution in [2.24, 2.45) is 0 Å². The van der Waals surface area contributed by atoms with Gasteiger partial charge in [0, 0.05) is 36.2 Å². The summed E-state index contributed by atoms with van der Waals surface area (Å²) in [6.07, 6.45) is 6.02. The highest BCUT2D eigenvalue weighted by atomic mass is 16.5. The fraction of sp³-hybridized carbons (Fsp3) is 0.415. The van der Waals surface area contributed by atoms with Gasteiger partial charge in [-0.2, -0.15) is 0 Å². The van der Waals surface area contributed by atoms with Gasteiger partial charge >= 0.3 is 12.2 Å². The molecule has 15 heteroatoms. The van der Waals surface area contributed by atoms with Gasteiger partial charge in [0.2, 0.25) is 11.8 Å². The van der Waals surface area contributed by atoms with E-state index >= 15 is 0 Å². The minimum Gasteiger partial charge on any atom is -0.453 e. The van der Waals surface area contributed by atoms with Gasteiger partial charge in [0.05, 0.1) is 39.4 Å². The van der Waals surface area contributed by atoms with E-state index in [0.29, 0.717) is 16.9 Å². The van der Waals surface area contributed by atoms with Gasteiger partial charge in [0.15, 0.2) is 5.78 Å². The summed E-state index contributed by atoms with van der Waals surface area (Å²) < 4.78 is 9.70. The molecule has 2 fully saturated rings. The van der Waals surface area contributed by atoms with Crippen molar-refractivity contribution in [1.29, 1.82) is 0 Å². The van der Waals surface area contributed by atoms with Crippen molar-refractivity contribution >= 4 is 52.8 Å². The Morgan fingerprint density at radius 1 is 0.632 bits per heavy atom. The van der Waals surface area contributed by atoms with Crippen molar-refractivity contribution in [2.45, 2.75) is 108 Å². The number of carbonyl (C=O) groups is 7. The fourth-order valence-electron chi connectivity index (χ4n) is 10.1. The molecule has 2 saturated heterocycles. The maximum absolute atomic E-state index is 14.3. The van der Waals surface area contributed by atoms with Crippen molar-refractivity contribution in [3.05, 3.63) is 119 Å². The number of methoxy groups -OCH3 is 2. The zero-order valence-corrected chi connectivity index (χ0v) is 39.3. The Labute approximate surface area is 397 Å². The number of rotatable bonds is 19. The first-order valence-electron chi connectivity index (χ1n) is 23.7. The minimum atomic E-state index is -1.19. The summed E-state index contributed by atoms with van der Waals surface area (Å²) in [4.78, 5) is 96.4. The Bertz CT molecular complexity index is 2490. The van der Waals surface area contributed by atoms with E-state index in [1.165, 1.54) is 19.1 Å². The minimum absolute atomic E-state index is 0.0351. The van der Waals surface area contributed by atoms with E-state index in [0.717, 1.165) is 79.2 Å². The first kappa shape index (κ1) is 49.0. The Morgan fingerprint density at radius 2 is 1.13 bits per heavy atom. The average Bonchev–Trinajstić information content (AvgIpc) is 4.01. The second-order valence-corrected chi connectivity index (χ2v) is 18.0. The van der Waals surface area contributed by atoms with Crippen molar-refractivity contribution < 1.29 is 43.0 Å². The van der Waals surface area contributed by atoms with Crippen LogP contribution in [0.25, 0.3) is 11.1 Å². The number of anilines is 2. The summed E-state index contributed by atoms with van der Waals surface area (Å²) in [7, 11) is 2.48. The van der Waals surface area contributed by atoms with Gasteiger partial charge in [-0.1, -0.05) is 125 Å². The molecule has 7 rings (SSSR count). The first-order chi connectivity index (χ1) is 32.9. The standard InChI is InChI=1S/C53H62N6O9/c1-5-7-15-25-53(26-16-8-6-2)42-27-36(54-48(62)45-29-38(60)31-58(45)33-44(56-51(65)67-3)34-17-11-9-12-18-34)21-23-40(42)41-24-22-37(28-43(41)53)55-49(63)46-30-39(61)32-59(46)50(64)47(57-52(66)68-4)35-19-13-10-14-20-35/h9-14,17-24,27-28,44-47H,5-8,15-16,25-26,29-33H2,1-4H3,(H,54,62)(H,55,63)(H,56,65)(H,57,66)/t44-,45-,46-,47+/m0/s1. The molecule has 68 heavy (non-hydrogen) atoms. The van der Waals surface area contributed by atoms with Crippen LogP contribution in [0.5, 0.6) is 0 Å². The third-order valence-electron chi connectivity index (χ3n) is 13.5. The number of Topliss-reactive ketones (excluding diaryl/α,β-unsaturated/α-hetero) is 2. The largest absolute Gasteiger partial charge is 0.453 e. The van der Waals surface area contributed by atoms with Crippen molar-refractivity contribution in [3.8, 4) is 11.1 Å². The van der Waals surface area contributed by atoms with Crippen molar-refractivity contribution in [2.75, 3.05) is 44.5 Å². The molecule has 2 aliphatic heterocycles. The highest BCUT2D eigenvalue weighted by Crippen LogP contribution is 2.55. The number of nitrogens with one attached hydrogen (secondary N) is 4. The number of nitrogens with zero attached hydrogens (tertiary/aromatic N) is 2. The van der Waals surface area contributed by atoms with Crippen LogP contribution in [-0.4, -0.2) is 97.2 Å². The summed E-state index contributed by atoms with van der Waals surface area (Å²) >= 11 is 0. The van der Waals surface area contributed by atoms with Gasteiger partial charge in [0.25, 0.3) is 5.91 Å². The third kappa shape index (κ3) is 10.9. The number of alkyl carbamates (subject to hydrolysis) is 2. The molecule has 4 atom stereocenters. The van der Waals surface area contributed by atoms with E-state index in [4.69, 9.17) is 9.47 Å². The molecule has 0 saturated carbocycles. The molecule has 0 bridgehead atoms. The second-order valence-electron chi connectivity index (χ2n) is 18.0. The monoisotopic (exact) mass is 926 g/mol. The zero-order chi connectivity index (χ0) is 48.4. The van der Waals surface area contributed by atoms with Crippen LogP contribution in [0.1, 0.15) is 112 Å². The van der Waals surface area contributed by atoms with Gasteiger partial charge in [-0.25, -0.2) is 9.59 Å². The molecule has 358 valence electrons. The molecule has 0 spiro atoms. The predicted molar refractivity (Wildman–Crippen MR) is 258 cm³/mol. The SMILES string of the molecule is CCCCCC1(CCCCC)c2cc(NC(=O)[C@@H]3CC(=O)CN3C[C@H](NC(=O)OC)c3ccccc3)ccc2-c2ccc(NC(=O)[C@@H]3CC(=O)CN3C(=O)[C@H](NC(=O)OC)c3ccccc3)cc21. The number of amides is 5. The summed E-state index contributed by atoms with van der Waals surface area (Å²) in [5.41, 5.74) is 6.13. The molecule has 4 N–H and O–H groups in total. The normalized spacial score (nSPS) is 18.0. The molecule has 3 aliphatic rings. The molecule has 4 aromatic rings. The third-order valence-corrected chi connectivity index (χ3v) is 13.5. The van der Waals surface area contributed by atoms with E-state index in [-0.39, 0.29) is 49.9 Å². The number of unbranched alkanes of at least 4 members (excludes halogenated alkanes) is 4. The van der Waals surface area contributed by atoms with Gasteiger partial charge in [-0.05, 0) is 70.5 Å². The molecular formula is C53H62N6O9. The number of fused-ring (bicyclic) bond motifs is 3. The average molecular weight is 927 g/mol. The Morgan fingerprint density at radius 3 is 1.68 bits per heavy atom. The molecule has 0 aromatic heterocycles. The fourth-order valence-corrected chi connectivity index (χ4v) is 10.1. The van der Waals surface area contributed by atoms with Crippen LogP contribution in [0.15, 0.2) is 97.1 Å². The highest BCUT2D eigenvalue weighted by molar-refractivity contribution is 6.05. The van der Waals surface area contributed by atoms with Crippen LogP contribution in [-0.2, 0) is 38.9 Å². The second kappa shape index (κ2) is 22.3. The van der Waals surface area contributed by atoms with Gasteiger partial charge in [-0.15, -0.1) is 0 Å². The number of hydrogen-bond donors (Lipinski definition) is 4. The number of hydrogen-bond acceptors (Lipinski definition) is 10. The zero-order valence-electron chi connectivity index (χ0n) is 39.3. The first-order valence-corrected chi connectivity index (χ1v) is 23.7. The summed E-state index contributed by atoms with van der Waals surface area (Å²) in [5.74, 6) is -1.80. The Balaban J connectivity index is 1.16. The smallest absolute Gasteiger partial charge is 0.407 e. The van der Waals surface area contributed by atoms with Crippen LogP contribution >= 0.6 is 0 Å². The van der Waals surface area contributed by atoms with E-state index in [2.05, 4.69) is 41.2 Å². The lowest BCUT2D eigenvalue weighted by Gasteiger charge is -2.33. The van der Waals surface area contributed by atoms with Gasteiger partial charge in [0.1, 0.15) is 17.9 Å². The van der Waals surface area contributed by atoms with E-state index < -0.39 is 53.6 Å². The predicted octanol–water partition coefficient (Wildman–Crippen LogP) is 8.00. The maximum atomic E-state index is 14.3. The molecule has 5 amide bonds. The number of carbonyl (C=O) groups excluding carboxylic acids is 7. The lowest BCUT2D eigenvalue weighted by atomic mass is 9.70. The lowest BCUT2D eigenvalue weighted by molar-refractivity contribution is -0.138.